The minimum absolute atomic E-state index is 0.00806. The molecule has 2 atom stereocenters. The van der Waals surface area contributed by atoms with Crippen molar-refractivity contribution in [2.45, 2.75) is 63.3 Å². The normalized spacial score (nSPS) is 24.0. The third kappa shape index (κ3) is 2.96. The molecule has 0 unspecified atom stereocenters. The Morgan fingerprint density at radius 1 is 1.29 bits per heavy atom. The van der Waals surface area contributed by atoms with Crippen LogP contribution in [0.25, 0.3) is 0 Å². The molecule has 24 heavy (non-hydrogen) atoms. The fourth-order valence-electron chi connectivity index (χ4n) is 3.64. The molecule has 2 aromatic rings. The van der Waals surface area contributed by atoms with Gasteiger partial charge in [-0.1, -0.05) is 18.1 Å². The van der Waals surface area contributed by atoms with Gasteiger partial charge < -0.3 is 15.0 Å². The topological polar surface area (TPSA) is 85.0 Å². The summed E-state index contributed by atoms with van der Waals surface area (Å²) < 4.78 is 3.89. The van der Waals surface area contributed by atoms with Crippen molar-refractivity contribution in [2.75, 3.05) is 0 Å². The van der Waals surface area contributed by atoms with Crippen LogP contribution in [0.3, 0.4) is 0 Å². The first-order valence-electron chi connectivity index (χ1n) is 8.75. The van der Waals surface area contributed by atoms with Crippen LogP contribution < -0.4 is 5.32 Å². The summed E-state index contributed by atoms with van der Waals surface area (Å²) in [7, 11) is 0. The molecule has 0 aliphatic heterocycles. The van der Waals surface area contributed by atoms with Gasteiger partial charge in [-0.15, -0.1) is 5.10 Å². The molecule has 2 aliphatic rings. The number of hydrogen-bond acceptors (Lipinski definition) is 4. The molecule has 2 aliphatic carbocycles. The molecule has 4 rings (SSSR count). The summed E-state index contributed by atoms with van der Waals surface area (Å²) in [4.78, 5) is 12.7. The van der Waals surface area contributed by atoms with E-state index in [1.165, 1.54) is 0 Å². The number of carbonyl (C=O) groups excluding carboxylic acids is 1. The Bertz CT molecular complexity index is 718. The summed E-state index contributed by atoms with van der Waals surface area (Å²) in [5.41, 5.74) is 1.31. The second-order valence-corrected chi connectivity index (χ2v) is 6.81. The van der Waals surface area contributed by atoms with Crippen molar-refractivity contribution < 1.29 is 9.90 Å². The van der Waals surface area contributed by atoms with Gasteiger partial charge in [0.1, 0.15) is 11.4 Å². The average molecular weight is 329 g/mol. The van der Waals surface area contributed by atoms with Crippen molar-refractivity contribution in [2.24, 2.45) is 0 Å². The summed E-state index contributed by atoms with van der Waals surface area (Å²) in [6.45, 7) is -0.112. The highest BCUT2D eigenvalue weighted by Crippen LogP contribution is 2.36. The van der Waals surface area contributed by atoms with Crippen LogP contribution in [0.15, 0.2) is 24.5 Å². The molecular weight excluding hydrogens is 306 g/mol. The molecule has 2 heterocycles. The molecule has 128 valence electrons. The fraction of sp³-hybridized carbons (Fsp3) is 0.588. The predicted molar refractivity (Wildman–Crippen MR) is 87.4 cm³/mol. The van der Waals surface area contributed by atoms with Gasteiger partial charge in [-0.3, -0.25) is 4.79 Å². The molecule has 2 N–H and O–H groups in total. The van der Waals surface area contributed by atoms with Crippen LogP contribution in [0.2, 0.25) is 0 Å². The fourth-order valence-corrected chi connectivity index (χ4v) is 3.64. The Labute approximate surface area is 140 Å². The van der Waals surface area contributed by atoms with E-state index in [2.05, 4.69) is 20.2 Å². The van der Waals surface area contributed by atoms with Crippen LogP contribution in [0.5, 0.6) is 0 Å². The molecule has 0 saturated heterocycles. The largest absolute Gasteiger partial charge is 0.390 e. The predicted octanol–water partition coefficient (Wildman–Crippen LogP) is 1.82. The zero-order valence-corrected chi connectivity index (χ0v) is 13.6. The SMILES string of the molecule is O=C(N[C@H]1CCCC[C@H]1n1cc(CO)nn1)c1cccn1C1CC1. The van der Waals surface area contributed by atoms with E-state index in [0.29, 0.717) is 11.7 Å². The zero-order valence-electron chi connectivity index (χ0n) is 13.6. The van der Waals surface area contributed by atoms with Crippen molar-refractivity contribution in [1.29, 1.82) is 0 Å². The maximum atomic E-state index is 12.7. The molecule has 2 fully saturated rings. The van der Waals surface area contributed by atoms with Gasteiger partial charge in [-0.05, 0) is 37.8 Å². The van der Waals surface area contributed by atoms with Gasteiger partial charge in [0.05, 0.1) is 24.9 Å². The molecule has 0 radical (unpaired) electrons. The maximum absolute atomic E-state index is 12.7. The van der Waals surface area contributed by atoms with Gasteiger partial charge >= 0.3 is 0 Å². The van der Waals surface area contributed by atoms with Crippen LogP contribution in [0.1, 0.15) is 66.8 Å². The van der Waals surface area contributed by atoms with Crippen LogP contribution in [0.4, 0.5) is 0 Å². The first-order chi connectivity index (χ1) is 11.8. The summed E-state index contributed by atoms with van der Waals surface area (Å²) in [6, 6.07) is 4.47. The second-order valence-electron chi connectivity index (χ2n) is 6.81. The van der Waals surface area contributed by atoms with Crippen molar-refractivity contribution in [3.63, 3.8) is 0 Å². The highest BCUT2D eigenvalue weighted by Gasteiger charge is 2.31. The quantitative estimate of drug-likeness (QED) is 0.876. The van der Waals surface area contributed by atoms with Gasteiger partial charge in [0.15, 0.2) is 0 Å². The van der Waals surface area contributed by atoms with E-state index >= 15 is 0 Å². The number of amides is 1. The van der Waals surface area contributed by atoms with Gasteiger partial charge in [-0.25, -0.2) is 4.68 Å². The molecule has 0 bridgehead atoms. The first-order valence-corrected chi connectivity index (χ1v) is 8.75. The van der Waals surface area contributed by atoms with Crippen LogP contribution in [-0.2, 0) is 6.61 Å². The lowest BCUT2D eigenvalue weighted by Gasteiger charge is -2.32. The van der Waals surface area contributed by atoms with E-state index < -0.39 is 0 Å². The minimum atomic E-state index is -0.112. The lowest BCUT2D eigenvalue weighted by atomic mass is 9.90. The Morgan fingerprint density at radius 2 is 2.12 bits per heavy atom. The number of hydrogen-bond donors (Lipinski definition) is 2. The molecule has 0 aromatic carbocycles. The Hall–Kier alpha value is -2.15. The van der Waals surface area contributed by atoms with Crippen molar-refractivity contribution in [3.8, 4) is 0 Å². The Kier molecular flexibility index (Phi) is 4.10. The molecular formula is C17H23N5O2. The third-order valence-corrected chi connectivity index (χ3v) is 5.06. The number of nitrogens with one attached hydrogen (secondary N) is 1. The van der Waals surface area contributed by atoms with Gasteiger partial charge in [-0.2, -0.15) is 0 Å². The number of carbonyl (C=O) groups is 1. The third-order valence-electron chi connectivity index (χ3n) is 5.06. The monoisotopic (exact) mass is 329 g/mol. The molecule has 0 spiro atoms. The van der Waals surface area contributed by atoms with Crippen molar-refractivity contribution in [3.05, 3.63) is 35.9 Å². The van der Waals surface area contributed by atoms with Gasteiger partial charge in [0.25, 0.3) is 5.91 Å². The van der Waals surface area contributed by atoms with Gasteiger partial charge in [0, 0.05) is 12.2 Å². The highest BCUT2D eigenvalue weighted by molar-refractivity contribution is 5.93. The van der Waals surface area contributed by atoms with Crippen molar-refractivity contribution >= 4 is 5.91 Å². The average Bonchev–Trinajstić information content (AvgIpc) is 3.13. The maximum Gasteiger partial charge on any atom is 0.268 e. The van der Waals surface area contributed by atoms with E-state index in [-0.39, 0.29) is 24.6 Å². The van der Waals surface area contributed by atoms with E-state index in [1.807, 2.05) is 18.3 Å². The number of aromatic nitrogens is 4. The highest BCUT2D eigenvalue weighted by atomic mass is 16.3. The molecule has 2 saturated carbocycles. The van der Waals surface area contributed by atoms with E-state index in [1.54, 1.807) is 10.9 Å². The molecule has 7 heteroatoms. The van der Waals surface area contributed by atoms with Crippen LogP contribution >= 0.6 is 0 Å². The smallest absolute Gasteiger partial charge is 0.268 e. The lowest BCUT2D eigenvalue weighted by molar-refractivity contribution is 0.0895. The summed E-state index contributed by atoms with van der Waals surface area (Å²) >= 11 is 0. The van der Waals surface area contributed by atoms with Gasteiger partial charge in [0.2, 0.25) is 0 Å². The lowest BCUT2D eigenvalue weighted by Crippen LogP contribution is -2.43. The second kappa shape index (κ2) is 6.39. The molecule has 7 nitrogen and oxygen atoms in total. The number of aliphatic hydroxyl groups is 1. The minimum Gasteiger partial charge on any atom is -0.390 e. The number of nitrogens with zero attached hydrogens (tertiary/aromatic N) is 4. The summed E-state index contributed by atoms with van der Waals surface area (Å²) in [6.07, 6.45) is 10.2. The van der Waals surface area contributed by atoms with Crippen molar-refractivity contribution in [1.82, 2.24) is 24.9 Å². The summed E-state index contributed by atoms with van der Waals surface area (Å²) in [5, 5.41) is 20.5. The molecule has 1 amide bonds. The van der Waals surface area contributed by atoms with E-state index in [4.69, 9.17) is 0 Å². The molecule has 2 aromatic heterocycles. The standard InChI is InChI=1S/C17H23N5O2/c23-11-12-10-22(20-19-12)15-5-2-1-4-14(15)18-17(24)16-6-3-9-21(16)13-7-8-13/h3,6,9-10,13-15,23H,1-2,4-5,7-8,11H2,(H,18,24)/t14-,15+/m0/s1. The van der Waals surface area contributed by atoms with Crippen LogP contribution in [-0.4, -0.2) is 36.6 Å². The zero-order chi connectivity index (χ0) is 16.5. The van der Waals surface area contributed by atoms with E-state index in [9.17, 15) is 9.90 Å². The number of aliphatic hydroxyl groups excluding tert-OH is 1. The van der Waals surface area contributed by atoms with Crippen LogP contribution in [0, 0.1) is 0 Å². The number of rotatable bonds is 5. The van der Waals surface area contributed by atoms with E-state index in [0.717, 1.165) is 44.2 Å². The summed E-state index contributed by atoms with van der Waals surface area (Å²) in [5.74, 6) is -0.00806. The first kappa shape index (κ1) is 15.4. The Morgan fingerprint density at radius 3 is 2.88 bits per heavy atom. The Balaban J connectivity index is 1.50.